The Morgan fingerprint density at radius 3 is 2.67 bits per heavy atom. The molecule has 2 N–H and O–H groups in total. The van der Waals surface area contributed by atoms with Crippen molar-refractivity contribution < 1.29 is 14.7 Å². The van der Waals surface area contributed by atoms with Crippen LogP contribution in [0, 0.1) is 11.8 Å². The molecule has 1 atom stereocenters. The highest BCUT2D eigenvalue weighted by atomic mass is 35.5. The molecule has 0 radical (unpaired) electrons. The van der Waals surface area contributed by atoms with Crippen molar-refractivity contribution in [3.63, 3.8) is 0 Å². The lowest BCUT2D eigenvalue weighted by Crippen LogP contribution is -2.38. The molecule has 8 heteroatoms. The number of hydrogen-bond acceptors (Lipinski definition) is 5. The first kappa shape index (κ1) is 22.6. The van der Waals surface area contributed by atoms with E-state index >= 15 is 0 Å². The van der Waals surface area contributed by atoms with E-state index in [4.69, 9.17) is 16.7 Å². The summed E-state index contributed by atoms with van der Waals surface area (Å²) in [6.45, 7) is 2.52. The molecular weight excluding hydrogens is 404 g/mol. The molecular formula is C22H31ClN4O3. The zero-order valence-electron chi connectivity index (χ0n) is 17.7. The van der Waals surface area contributed by atoms with Gasteiger partial charge in [0.05, 0.1) is 5.02 Å². The highest BCUT2D eigenvalue weighted by Gasteiger charge is 2.33. The van der Waals surface area contributed by atoms with Crippen LogP contribution in [0.1, 0.15) is 37.7 Å². The Balaban J connectivity index is 1.50. The highest BCUT2D eigenvalue weighted by Crippen LogP contribution is 2.31. The second-order valence-electron chi connectivity index (χ2n) is 8.66. The molecule has 0 spiro atoms. The van der Waals surface area contributed by atoms with E-state index in [1.807, 2.05) is 4.90 Å². The smallest absolute Gasteiger partial charge is 0.328 e. The molecule has 0 unspecified atom stereocenters. The van der Waals surface area contributed by atoms with Crippen LogP contribution in [-0.2, 0) is 9.59 Å². The predicted octanol–water partition coefficient (Wildman–Crippen LogP) is 3.21. The summed E-state index contributed by atoms with van der Waals surface area (Å²) in [6, 6.07) is 1.80. The molecule has 1 aliphatic carbocycles. The van der Waals surface area contributed by atoms with Gasteiger partial charge in [-0.1, -0.05) is 11.6 Å². The molecule has 0 bridgehead atoms. The van der Waals surface area contributed by atoms with Crippen molar-refractivity contribution in [2.45, 2.75) is 38.1 Å². The number of likely N-dealkylation sites (tertiary alicyclic amines) is 1. The number of carbonyl (C=O) groups excluding carboxylic acids is 1. The van der Waals surface area contributed by atoms with E-state index in [-0.39, 0.29) is 17.9 Å². The molecule has 1 amide bonds. The first-order valence-electron chi connectivity index (χ1n) is 10.6. The molecule has 1 saturated carbocycles. The van der Waals surface area contributed by atoms with Crippen LogP contribution in [0.15, 0.2) is 18.3 Å². The Hall–Kier alpha value is -2.12. The largest absolute Gasteiger partial charge is 0.478 e. The third kappa shape index (κ3) is 6.19. The molecule has 0 aromatic carbocycles. The zero-order valence-corrected chi connectivity index (χ0v) is 18.4. The number of nitrogens with one attached hydrogen (secondary N) is 1. The molecule has 1 aromatic rings. The number of pyridine rings is 1. The van der Waals surface area contributed by atoms with Gasteiger partial charge in [0, 0.05) is 43.9 Å². The van der Waals surface area contributed by atoms with E-state index in [0.717, 1.165) is 51.3 Å². The monoisotopic (exact) mass is 434 g/mol. The highest BCUT2D eigenvalue weighted by molar-refractivity contribution is 6.33. The number of aliphatic carboxylic acids is 1. The standard InChI is InChI=1S/C22H31ClN4O3/c1-26(2)13-15-3-6-17(7-4-15)22(30)27-10-9-18(14-27)25-21-19(23)11-16(12-24-21)5-8-20(28)29/h5,8,11-12,15,17-18H,3-4,6-7,9-10,13-14H2,1-2H3,(H,24,25)(H,28,29)/t15-,17-,18-/m1/s1. The molecule has 30 heavy (non-hydrogen) atoms. The fourth-order valence-electron chi connectivity index (χ4n) is 4.46. The summed E-state index contributed by atoms with van der Waals surface area (Å²) in [4.78, 5) is 32.1. The summed E-state index contributed by atoms with van der Waals surface area (Å²) < 4.78 is 0. The molecule has 7 nitrogen and oxygen atoms in total. The van der Waals surface area contributed by atoms with Crippen molar-refractivity contribution in [3.8, 4) is 0 Å². The number of amides is 1. The van der Waals surface area contributed by atoms with E-state index in [2.05, 4.69) is 29.3 Å². The number of nitrogens with zero attached hydrogens (tertiary/aromatic N) is 3. The first-order valence-corrected chi connectivity index (χ1v) is 11.0. The Labute approximate surface area is 183 Å². The Morgan fingerprint density at radius 2 is 2.03 bits per heavy atom. The average Bonchev–Trinajstić information content (AvgIpc) is 3.16. The molecule has 1 aliphatic heterocycles. The van der Waals surface area contributed by atoms with Gasteiger partial charge in [0.1, 0.15) is 5.82 Å². The summed E-state index contributed by atoms with van der Waals surface area (Å²) in [7, 11) is 4.21. The van der Waals surface area contributed by atoms with Crippen molar-refractivity contribution in [3.05, 3.63) is 28.9 Å². The van der Waals surface area contributed by atoms with E-state index in [0.29, 0.717) is 28.9 Å². The maximum absolute atomic E-state index is 13.0. The van der Waals surface area contributed by atoms with E-state index in [1.54, 1.807) is 12.3 Å². The quantitative estimate of drug-likeness (QED) is 0.641. The zero-order chi connectivity index (χ0) is 21.7. The number of halogens is 1. The molecule has 2 aliphatic rings. The summed E-state index contributed by atoms with van der Waals surface area (Å²) in [5, 5.41) is 12.5. The van der Waals surface area contributed by atoms with Gasteiger partial charge < -0.3 is 20.2 Å². The lowest BCUT2D eigenvalue weighted by molar-refractivity contribution is -0.136. The van der Waals surface area contributed by atoms with E-state index in [1.165, 1.54) is 6.08 Å². The van der Waals surface area contributed by atoms with E-state index in [9.17, 15) is 9.59 Å². The van der Waals surface area contributed by atoms with Crippen LogP contribution in [0.4, 0.5) is 5.82 Å². The third-order valence-electron chi connectivity index (χ3n) is 5.94. The van der Waals surface area contributed by atoms with Crippen molar-refractivity contribution in [2.24, 2.45) is 11.8 Å². The van der Waals surface area contributed by atoms with Crippen LogP contribution < -0.4 is 5.32 Å². The lowest BCUT2D eigenvalue weighted by Gasteiger charge is -2.31. The second-order valence-corrected chi connectivity index (χ2v) is 9.07. The van der Waals surface area contributed by atoms with Gasteiger partial charge in [-0.3, -0.25) is 4.79 Å². The molecule has 1 saturated heterocycles. The number of hydrogen-bond donors (Lipinski definition) is 2. The van der Waals surface area contributed by atoms with Gasteiger partial charge in [-0.15, -0.1) is 0 Å². The molecule has 2 fully saturated rings. The number of aromatic nitrogens is 1. The fraction of sp³-hybridized carbons (Fsp3) is 0.591. The first-order chi connectivity index (χ1) is 14.3. The van der Waals surface area contributed by atoms with Gasteiger partial charge >= 0.3 is 5.97 Å². The Morgan fingerprint density at radius 1 is 1.30 bits per heavy atom. The van der Waals surface area contributed by atoms with Crippen LogP contribution in [0.2, 0.25) is 5.02 Å². The number of carboxylic acid groups (broad SMARTS) is 1. The summed E-state index contributed by atoms with van der Waals surface area (Å²) in [6.07, 6.45) is 9.19. The second kappa shape index (κ2) is 10.3. The van der Waals surface area contributed by atoms with Crippen LogP contribution in [0.3, 0.4) is 0 Å². The van der Waals surface area contributed by atoms with Crippen molar-refractivity contribution >= 4 is 35.4 Å². The van der Waals surface area contributed by atoms with Crippen molar-refractivity contribution in [1.29, 1.82) is 0 Å². The van der Waals surface area contributed by atoms with Gasteiger partial charge in [-0.05, 0) is 69.8 Å². The van der Waals surface area contributed by atoms with Crippen LogP contribution in [-0.4, -0.2) is 71.5 Å². The topological polar surface area (TPSA) is 85.8 Å². The van der Waals surface area contributed by atoms with E-state index < -0.39 is 5.97 Å². The van der Waals surface area contributed by atoms with Gasteiger partial charge in [-0.25, -0.2) is 9.78 Å². The molecule has 3 rings (SSSR count). The minimum absolute atomic E-state index is 0.115. The minimum atomic E-state index is -1.02. The molecule has 164 valence electrons. The number of carboxylic acids is 1. The summed E-state index contributed by atoms with van der Waals surface area (Å²) in [5.74, 6) is 0.696. The fourth-order valence-corrected chi connectivity index (χ4v) is 4.69. The van der Waals surface area contributed by atoms with Crippen molar-refractivity contribution in [1.82, 2.24) is 14.8 Å². The number of anilines is 1. The van der Waals surface area contributed by atoms with Gasteiger partial charge in [0.2, 0.25) is 5.91 Å². The molecule has 1 aromatic heterocycles. The van der Waals surface area contributed by atoms with Crippen LogP contribution in [0.5, 0.6) is 0 Å². The van der Waals surface area contributed by atoms with Crippen LogP contribution in [0.25, 0.3) is 6.08 Å². The lowest BCUT2D eigenvalue weighted by atomic mass is 9.81. The van der Waals surface area contributed by atoms with Gasteiger partial charge in [0.15, 0.2) is 0 Å². The maximum Gasteiger partial charge on any atom is 0.328 e. The average molecular weight is 435 g/mol. The Bertz CT molecular complexity index is 791. The summed E-state index contributed by atoms with van der Waals surface area (Å²) >= 11 is 6.30. The number of rotatable bonds is 7. The minimum Gasteiger partial charge on any atom is -0.478 e. The van der Waals surface area contributed by atoms with Crippen LogP contribution >= 0.6 is 11.6 Å². The Kier molecular flexibility index (Phi) is 7.72. The van der Waals surface area contributed by atoms with Gasteiger partial charge in [0.25, 0.3) is 0 Å². The van der Waals surface area contributed by atoms with Crippen molar-refractivity contribution in [2.75, 3.05) is 39.0 Å². The number of carbonyl (C=O) groups is 2. The summed E-state index contributed by atoms with van der Waals surface area (Å²) in [5.41, 5.74) is 0.626. The third-order valence-corrected chi connectivity index (χ3v) is 6.23. The maximum atomic E-state index is 13.0. The molecule has 2 heterocycles. The normalized spacial score (nSPS) is 24.5. The van der Waals surface area contributed by atoms with Gasteiger partial charge in [-0.2, -0.15) is 0 Å². The SMILES string of the molecule is CN(C)C[C@H]1CC[C@H](C(=O)N2CC[C@@H](Nc3ncc(C=CC(=O)O)cc3Cl)C2)CC1. The predicted molar refractivity (Wildman–Crippen MR) is 119 cm³/mol.